The second kappa shape index (κ2) is 7.38. The first-order valence-electron chi connectivity index (χ1n) is 6.99. The molecule has 2 rings (SSSR count). The fourth-order valence-corrected chi connectivity index (χ4v) is 2.25. The van der Waals surface area contributed by atoms with Crippen LogP contribution in [0.4, 0.5) is 0 Å². The predicted molar refractivity (Wildman–Crippen MR) is 76.1 cm³/mol. The summed E-state index contributed by atoms with van der Waals surface area (Å²) in [7, 11) is 0. The van der Waals surface area contributed by atoms with Crippen LogP contribution < -0.4 is 5.32 Å². The lowest BCUT2D eigenvalue weighted by molar-refractivity contribution is -0.137. The molecule has 0 bridgehead atoms. The third-order valence-electron chi connectivity index (χ3n) is 3.48. The van der Waals surface area contributed by atoms with Crippen molar-refractivity contribution in [2.75, 3.05) is 26.3 Å². The molecule has 5 nitrogen and oxygen atoms in total. The third-order valence-corrected chi connectivity index (χ3v) is 3.48. The van der Waals surface area contributed by atoms with Crippen LogP contribution in [0.5, 0.6) is 0 Å². The second-order valence-corrected chi connectivity index (χ2v) is 5.02. The van der Waals surface area contributed by atoms with E-state index < -0.39 is 0 Å². The first-order chi connectivity index (χ1) is 9.70. The molecule has 1 aromatic carbocycles. The van der Waals surface area contributed by atoms with Gasteiger partial charge < -0.3 is 20.1 Å². The second-order valence-electron chi connectivity index (χ2n) is 5.02. The molecule has 1 unspecified atom stereocenters. The number of morpholine rings is 1. The van der Waals surface area contributed by atoms with Gasteiger partial charge in [0.1, 0.15) is 0 Å². The van der Waals surface area contributed by atoms with Gasteiger partial charge in [-0.15, -0.1) is 0 Å². The average Bonchev–Trinajstić information content (AvgIpc) is 2.53. The zero-order chi connectivity index (χ0) is 14.4. The maximum absolute atomic E-state index is 12.2. The highest BCUT2D eigenvalue weighted by atomic mass is 16.5. The molecule has 1 aliphatic heterocycles. The molecule has 110 valence electrons. The molecule has 1 heterocycles. The van der Waals surface area contributed by atoms with E-state index in [2.05, 4.69) is 5.32 Å². The molecule has 1 amide bonds. The summed E-state index contributed by atoms with van der Waals surface area (Å²) in [6.07, 6.45) is 0. The standard InChI is InChI=1S/C15H22N2O3/c1-12(15(19)17-5-7-20-8-6-17)16-10-13-3-2-4-14(9-13)11-18/h2-4,9,12,16,18H,5-8,10-11H2,1H3. The molecule has 1 aliphatic rings. The molecule has 0 aromatic heterocycles. The van der Waals surface area contributed by atoms with Crippen molar-refractivity contribution in [2.45, 2.75) is 26.1 Å². The minimum Gasteiger partial charge on any atom is -0.392 e. The molecule has 1 fully saturated rings. The number of nitrogens with one attached hydrogen (secondary N) is 1. The highest BCUT2D eigenvalue weighted by molar-refractivity contribution is 5.81. The number of nitrogens with zero attached hydrogens (tertiary/aromatic N) is 1. The summed E-state index contributed by atoms with van der Waals surface area (Å²) in [5, 5.41) is 12.3. The summed E-state index contributed by atoms with van der Waals surface area (Å²) in [6, 6.07) is 7.51. The van der Waals surface area contributed by atoms with Crippen molar-refractivity contribution in [3.8, 4) is 0 Å². The van der Waals surface area contributed by atoms with Gasteiger partial charge in [-0.1, -0.05) is 24.3 Å². The summed E-state index contributed by atoms with van der Waals surface area (Å²) in [6.45, 7) is 5.12. The van der Waals surface area contributed by atoms with Crippen molar-refractivity contribution in [3.05, 3.63) is 35.4 Å². The van der Waals surface area contributed by atoms with Crippen LogP contribution >= 0.6 is 0 Å². The highest BCUT2D eigenvalue weighted by Gasteiger charge is 2.21. The minimum atomic E-state index is -0.217. The Labute approximate surface area is 119 Å². The lowest BCUT2D eigenvalue weighted by Gasteiger charge is -2.29. The SMILES string of the molecule is CC(NCc1cccc(CO)c1)C(=O)N1CCOCC1. The van der Waals surface area contributed by atoms with E-state index in [9.17, 15) is 4.79 Å². The number of hydrogen-bond acceptors (Lipinski definition) is 4. The van der Waals surface area contributed by atoms with Crippen LogP contribution in [0, 0.1) is 0 Å². The normalized spacial score (nSPS) is 17.0. The van der Waals surface area contributed by atoms with Crippen molar-refractivity contribution >= 4 is 5.91 Å². The fourth-order valence-electron chi connectivity index (χ4n) is 2.25. The highest BCUT2D eigenvalue weighted by Crippen LogP contribution is 2.06. The summed E-state index contributed by atoms with van der Waals surface area (Å²) in [5.74, 6) is 0.117. The van der Waals surface area contributed by atoms with Crippen LogP contribution in [0.1, 0.15) is 18.1 Å². The number of carbonyl (C=O) groups excluding carboxylic acids is 1. The minimum absolute atomic E-state index is 0.0378. The van der Waals surface area contributed by atoms with Crippen LogP contribution in [0.25, 0.3) is 0 Å². The lowest BCUT2D eigenvalue weighted by Crippen LogP contribution is -2.49. The largest absolute Gasteiger partial charge is 0.392 e. The molecule has 0 radical (unpaired) electrons. The summed E-state index contributed by atoms with van der Waals surface area (Å²) < 4.78 is 5.25. The average molecular weight is 278 g/mol. The summed E-state index contributed by atoms with van der Waals surface area (Å²) in [4.78, 5) is 14.0. The van der Waals surface area contributed by atoms with Crippen LogP contribution in [0.3, 0.4) is 0 Å². The smallest absolute Gasteiger partial charge is 0.239 e. The van der Waals surface area contributed by atoms with Gasteiger partial charge in [0.25, 0.3) is 0 Å². The molecule has 0 spiro atoms. The quantitative estimate of drug-likeness (QED) is 0.824. The van der Waals surface area contributed by atoms with E-state index in [0.29, 0.717) is 32.8 Å². The van der Waals surface area contributed by atoms with Crippen molar-refractivity contribution < 1.29 is 14.6 Å². The molecule has 20 heavy (non-hydrogen) atoms. The maximum atomic E-state index is 12.2. The van der Waals surface area contributed by atoms with E-state index >= 15 is 0 Å². The molecule has 1 aromatic rings. The summed E-state index contributed by atoms with van der Waals surface area (Å²) in [5.41, 5.74) is 1.95. The molecular weight excluding hydrogens is 256 g/mol. The Kier molecular flexibility index (Phi) is 5.52. The Morgan fingerprint density at radius 3 is 2.80 bits per heavy atom. The van der Waals surface area contributed by atoms with Crippen LogP contribution in [-0.2, 0) is 22.7 Å². The Hall–Kier alpha value is -1.43. The number of aliphatic hydroxyl groups excluding tert-OH is 1. The number of carbonyl (C=O) groups is 1. The van der Waals surface area contributed by atoms with Crippen molar-refractivity contribution in [1.82, 2.24) is 10.2 Å². The van der Waals surface area contributed by atoms with E-state index in [-0.39, 0.29) is 18.6 Å². The maximum Gasteiger partial charge on any atom is 0.239 e. The molecule has 2 N–H and O–H groups in total. The third kappa shape index (κ3) is 4.03. The first kappa shape index (κ1) is 15.0. The molecule has 0 saturated carbocycles. The Morgan fingerprint density at radius 1 is 1.40 bits per heavy atom. The predicted octanol–water partition coefficient (Wildman–Crippen LogP) is 0.516. The van der Waals surface area contributed by atoms with Gasteiger partial charge in [-0.3, -0.25) is 4.79 Å². The zero-order valence-electron chi connectivity index (χ0n) is 11.8. The van der Waals surface area contributed by atoms with Crippen LogP contribution in [-0.4, -0.2) is 48.3 Å². The summed E-state index contributed by atoms with van der Waals surface area (Å²) >= 11 is 0. The van der Waals surface area contributed by atoms with Crippen molar-refractivity contribution in [3.63, 3.8) is 0 Å². The topological polar surface area (TPSA) is 61.8 Å². The van der Waals surface area contributed by atoms with Crippen LogP contribution in [0.2, 0.25) is 0 Å². The molecule has 0 aliphatic carbocycles. The molecule has 5 heteroatoms. The van der Waals surface area contributed by atoms with Gasteiger partial charge in [0, 0.05) is 19.6 Å². The van der Waals surface area contributed by atoms with Gasteiger partial charge >= 0.3 is 0 Å². The van der Waals surface area contributed by atoms with Gasteiger partial charge in [0.2, 0.25) is 5.91 Å². The molecular formula is C15H22N2O3. The Bertz CT molecular complexity index is 444. The van der Waals surface area contributed by atoms with E-state index in [1.54, 1.807) is 0 Å². The lowest BCUT2D eigenvalue weighted by atomic mass is 10.1. The number of benzene rings is 1. The van der Waals surface area contributed by atoms with Gasteiger partial charge in [-0.05, 0) is 18.1 Å². The van der Waals surface area contributed by atoms with Gasteiger partial charge in [-0.25, -0.2) is 0 Å². The number of ether oxygens (including phenoxy) is 1. The van der Waals surface area contributed by atoms with E-state index in [1.165, 1.54) is 0 Å². The Balaban J connectivity index is 1.84. The zero-order valence-corrected chi connectivity index (χ0v) is 11.8. The number of amides is 1. The Morgan fingerprint density at radius 2 is 2.10 bits per heavy atom. The number of hydrogen-bond donors (Lipinski definition) is 2. The fraction of sp³-hybridized carbons (Fsp3) is 0.533. The number of aliphatic hydroxyl groups is 1. The monoisotopic (exact) mass is 278 g/mol. The van der Waals surface area contributed by atoms with E-state index in [0.717, 1.165) is 11.1 Å². The molecule has 1 atom stereocenters. The van der Waals surface area contributed by atoms with Crippen LogP contribution in [0.15, 0.2) is 24.3 Å². The van der Waals surface area contributed by atoms with Crippen molar-refractivity contribution in [1.29, 1.82) is 0 Å². The molecule has 1 saturated heterocycles. The van der Waals surface area contributed by atoms with Gasteiger partial charge in [0.05, 0.1) is 25.9 Å². The number of rotatable bonds is 5. The van der Waals surface area contributed by atoms with Crippen molar-refractivity contribution in [2.24, 2.45) is 0 Å². The van der Waals surface area contributed by atoms with E-state index in [4.69, 9.17) is 9.84 Å². The van der Waals surface area contributed by atoms with E-state index in [1.807, 2.05) is 36.1 Å². The van der Waals surface area contributed by atoms with Gasteiger partial charge in [-0.2, -0.15) is 0 Å². The van der Waals surface area contributed by atoms with Gasteiger partial charge in [0.15, 0.2) is 0 Å². The first-order valence-corrected chi connectivity index (χ1v) is 6.99.